The predicted molar refractivity (Wildman–Crippen MR) is 56.2 cm³/mol. The Labute approximate surface area is 86.2 Å². The fourth-order valence-electron chi connectivity index (χ4n) is 0.762. The molecule has 0 rings (SSSR count). The number of hydrogen-bond donors (Lipinski definition) is 0. The van der Waals surface area contributed by atoms with Gasteiger partial charge in [-0.15, -0.1) is 12.4 Å². The smallest absolute Gasteiger partial charge is 0.330 e. The number of hydrogen-bond acceptors (Lipinski definition) is 3. The standard InChI is InChI=1S/C9H17NO2.ClH/c1-4-9(11)12-8-6-5-7-10(2)3;/h4H,1,5-8H2,2-3H3;1H. The molecule has 0 aliphatic heterocycles. The van der Waals surface area contributed by atoms with Crippen molar-refractivity contribution in [3.05, 3.63) is 12.7 Å². The van der Waals surface area contributed by atoms with Gasteiger partial charge in [0.15, 0.2) is 0 Å². The summed E-state index contributed by atoms with van der Waals surface area (Å²) in [5.41, 5.74) is 0. The normalized spacial score (nSPS) is 9.15. The Morgan fingerprint density at radius 2 is 2.08 bits per heavy atom. The summed E-state index contributed by atoms with van der Waals surface area (Å²) in [6.45, 7) is 4.84. The van der Waals surface area contributed by atoms with Crippen LogP contribution in [0.4, 0.5) is 0 Å². The molecule has 0 aromatic heterocycles. The lowest BCUT2D eigenvalue weighted by Crippen LogP contribution is -2.13. The first-order chi connectivity index (χ1) is 5.66. The van der Waals surface area contributed by atoms with E-state index < -0.39 is 0 Å². The van der Waals surface area contributed by atoms with E-state index in [1.54, 1.807) is 0 Å². The second kappa shape index (κ2) is 9.55. The Morgan fingerprint density at radius 3 is 2.54 bits per heavy atom. The summed E-state index contributed by atoms with van der Waals surface area (Å²) in [5, 5.41) is 0. The molecule has 78 valence electrons. The molecule has 0 saturated heterocycles. The van der Waals surface area contributed by atoms with Crippen molar-refractivity contribution in [1.29, 1.82) is 0 Å². The summed E-state index contributed by atoms with van der Waals surface area (Å²) in [7, 11) is 4.05. The first kappa shape index (κ1) is 15.0. The highest BCUT2D eigenvalue weighted by atomic mass is 35.5. The molecule has 0 fully saturated rings. The molecule has 0 aromatic rings. The molecular weight excluding hydrogens is 190 g/mol. The van der Waals surface area contributed by atoms with Gasteiger partial charge in [-0.1, -0.05) is 6.58 Å². The van der Waals surface area contributed by atoms with Crippen LogP contribution in [0.3, 0.4) is 0 Å². The van der Waals surface area contributed by atoms with Crippen molar-refractivity contribution >= 4 is 18.4 Å². The Balaban J connectivity index is 0. The van der Waals surface area contributed by atoms with E-state index in [-0.39, 0.29) is 18.4 Å². The van der Waals surface area contributed by atoms with Crippen LogP contribution < -0.4 is 0 Å². The summed E-state index contributed by atoms with van der Waals surface area (Å²) in [6, 6.07) is 0. The van der Waals surface area contributed by atoms with E-state index in [0.717, 1.165) is 19.4 Å². The van der Waals surface area contributed by atoms with Gasteiger partial charge >= 0.3 is 5.97 Å². The highest BCUT2D eigenvalue weighted by Crippen LogP contribution is 1.92. The van der Waals surface area contributed by atoms with Crippen LogP contribution >= 0.6 is 12.4 Å². The summed E-state index contributed by atoms with van der Waals surface area (Å²) >= 11 is 0. The topological polar surface area (TPSA) is 29.5 Å². The maximum absolute atomic E-state index is 10.6. The van der Waals surface area contributed by atoms with Gasteiger partial charge in [-0.2, -0.15) is 0 Å². The molecule has 0 heterocycles. The van der Waals surface area contributed by atoms with Gasteiger partial charge in [0.25, 0.3) is 0 Å². The minimum atomic E-state index is -0.333. The van der Waals surface area contributed by atoms with Crippen LogP contribution in [0.1, 0.15) is 12.8 Å². The minimum Gasteiger partial charge on any atom is -0.463 e. The molecular formula is C9H18ClNO2. The van der Waals surface area contributed by atoms with Crippen molar-refractivity contribution in [2.24, 2.45) is 0 Å². The molecule has 0 aromatic carbocycles. The van der Waals surface area contributed by atoms with Gasteiger partial charge < -0.3 is 9.64 Å². The highest BCUT2D eigenvalue weighted by molar-refractivity contribution is 5.85. The fourth-order valence-corrected chi connectivity index (χ4v) is 0.762. The molecule has 0 amide bonds. The number of nitrogens with zero attached hydrogens (tertiary/aromatic N) is 1. The van der Waals surface area contributed by atoms with Crippen molar-refractivity contribution in [3.8, 4) is 0 Å². The predicted octanol–water partition coefficient (Wildman–Crippen LogP) is 1.48. The Morgan fingerprint density at radius 1 is 1.46 bits per heavy atom. The lowest BCUT2D eigenvalue weighted by molar-refractivity contribution is -0.137. The molecule has 0 bridgehead atoms. The molecule has 0 atom stereocenters. The molecule has 0 saturated carbocycles. The van der Waals surface area contributed by atoms with Crippen LogP contribution in [-0.4, -0.2) is 38.1 Å². The monoisotopic (exact) mass is 207 g/mol. The Kier molecular flexibility index (Phi) is 11.0. The second-order valence-corrected chi connectivity index (χ2v) is 2.88. The van der Waals surface area contributed by atoms with Gasteiger partial charge in [0.1, 0.15) is 0 Å². The number of carbonyl (C=O) groups is 1. The number of ether oxygens (including phenoxy) is 1. The first-order valence-corrected chi connectivity index (χ1v) is 4.10. The zero-order chi connectivity index (χ0) is 9.40. The van der Waals surface area contributed by atoms with E-state index in [1.165, 1.54) is 6.08 Å². The van der Waals surface area contributed by atoms with Crippen molar-refractivity contribution in [3.63, 3.8) is 0 Å². The van der Waals surface area contributed by atoms with E-state index in [2.05, 4.69) is 11.5 Å². The highest BCUT2D eigenvalue weighted by Gasteiger charge is 1.95. The molecule has 13 heavy (non-hydrogen) atoms. The van der Waals surface area contributed by atoms with Gasteiger partial charge in [-0.3, -0.25) is 0 Å². The summed E-state index contributed by atoms with van der Waals surface area (Å²) in [6.07, 6.45) is 3.15. The zero-order valence-electron chi connectivity index (χ0n) is 8.28. The second-order valence-electron chi connectivity index (χ2n) is 2.88. The average molecular weight is 208 g/mol. The maximum Gasteiger partial charge on any atom is 0.330 e. The van der Waals surface area contributed by atoms with Gasteiger partial charge in [0.2, 0.25) is 0 Å². The number of unbranched alkanes of at least 4 members (excludes halogenated alkanes) is 1. The van der Waals surface area contributed by atoms with Crippen LogP contribution in [0.25, 0.3) is 0 Å². The third-order valence-corrected chi connectivity index (χ3v) is 1.41. The SMILES string of the molecule is C=CC(=O)OCCCCN(C)C.Cl. The van der Waals surface area contributed by atoms with Crippen LogP contribution in [0, 0.1) is 0 Å². The van der Waals surface area contributed by atoms with E-state index in [1.807, 2.05) is 14.1 Å². The molecule has 0 aliphatic carbocycles. The van der Waals surface area contributed by atoms with Gasteiger partial charge in [0, 0.05) is 6.08 Å². The van der Waals surface area contributed by atoms with Crippen LogP contribution in [0.5, 0.6) is 0 Å². The van der Waals surface area contributed by atoms with Gasteiger partial charge in [-0.05, 0) is 33.5 Å². The first-order valence-electron chi connectivity index (χ1n) is 4.10. The van der Waals surface area contributed by atoms with E-state index in [4.69, 9.17) is 4.74 Å². The summed E-state index contributed by atoms with van der Waals surface area (Å²) < 4.78 is 4.80. The van der Waals surface area contributed by atoms with Crippen molar-refractivity contribution in [2.75, 3.05) is 27.2 Å². The van der Waals surface area contributed by atoms with Gasteiger partial charge in [0.05, 0.1) is 6.61 Å². The average Bonchev–Trinajstić information content (AvgIpc) is 2.03. The molecule has 4 heteroatoms. The van der Waals surface area contributed by atoms with Crippen LogP contribution in [0.2, 0.25) is 0 Å². The third kappa shape index (κ3) is 11.5. The number of esters is 1. The molecule has 0 unspecified atom stereocenters. The zero-order valence-corrected chi connectivity index (χ0v) is 9.10. The molecule has 0 radical (unpaired) electrons. The lowest BCUT2D eigenvalue weighted by atomic mass is 10.3. The van der Waals surface area contributed by atoms with E-state index >= 15 is 0 Å². The van der Waals surface area contributed by atoms with Crippen LogP contribution in [-0.2, 0) is 9.53 Å². The fraction of sp³-hybridized carbons (Fsp3) is 0.667. The molecule has 0 N–H and O–H groups in total. The number of halogens is 1. The molecule has 0 spiro atoms. The lowest BCUT2D eigenvalue weighted by Gasteiger charge is -2.08. The van der Waals surface area contributed by atoms with E-state index in [9.17, 15) is 4.79 Å². The largest absolute Gasteiger partial charge is 0.463 e. The summed E-state index contributed by atoms with van der Waals surface area (Å²) in [4.78, 5) is 12.7. The van der Waals surface area contributed by atoms with Crippen molar-refractivity contribution in [2.45, 2.75) is 12.8 Å². The van der Waals surface area contributed by atoms with Crippen LogP contribution in [0.15, 0.2) is 12.7 Å². The number of carbonyl (C=O) groups excluding carboxylic acids is 1. The van der Waals surface area contributed by atoms with Gasteiger partial charge in [-0.25, -0.2) is 4.79 Å². The third-order valence-electron chi connectivity index (χ3n) is 1.41. The van der Waals surface area contributed by atoms with Crippen molar-refractivity contribution in [1.82, 2.24) is 4.90 Å². The summed E-state index contributed by atoms with van der Waals surface area (Å²) in [5.74, 6) is -0.333. The quantitative estimate of drug-likeness (QED) is 0.376. The van der Waals surface area contributed by atoms with Crippen molar-refractivity contribution < 1.29 is 9.53 Å². The molecule has 3 nitrogen and oxygen atoms in total. The maximum atomic E-state index is 10.6. The minimum absolute atomic E-state index is 0. The number of rotatable bonds is 6. The Bertz CT molecular complexity index is 149. The van der Waals surface area contributed by atoms with E-state index in [0.29, 0.717) is 6.61 Å². The molecule has 0 aliphatic rings. The Hall–Kier alpha value is -0.540.